The van der Waals surface area contributed by atoms with Crippen LogP contribution < -0.4 is 10.6 Å². The fourth-order valence-electron chi connectivity index (χ4n) is 5.05. The summed E-state index contributed by atoms with van der Waals surface area (Å²) < 4.78 is 46.2. The van der Waals surface area contributed by atoms with Crippen LogP contribution in [-0.4, -0.2) is 61.5 Å². The Bertz CT molecular complexity index is 1550. The summed E-state index contributed by atoms with van der Waals surface area (Å²) in [7, 11) is 1.93. The van der Waals surface area contributed by atoms with Crippen LogP contribution in [0.1, 0.15) is 38.4 Å². The van der Waals surface area contributed by atoms with E-state index in [2.05, 4.69) is 65.8 Å². The van der Waals surface area contributed by atoms with Crippen molar-refractivity contribution in [1.82, 2.24) is 23.9 Å². The van der Waals surface area contributed by atoms with Crippen LogP contribution >= 0.6 is 12.8 Å². The molecular formula is C29H35F3N8S. The third kappa shape index (κ3) is 6.48. The first-order chi connectivity index (χ1) is 19.3. The van der Waals surface area contributed by atoms with E-state index in [9.17, 15) is 13.2 Å². The molecule has 4 heterocycles. The lowest BCUT2D eigenvalue weighted by molar-refractivity contribution is -0.139. The molecule has 12 heteroatoms. The van der Waals surface area contributed by atoms with Crippen molar-refractivity contribution in [2.75, 3.05) is 25.0 Å². The molecule has 0 unspecified atom stereocenters. The lowest BCUT2D eigenvalue weighted by Crippen LogP contribution is -2.49. The molecule has 0 amide bonds. The Labute approximate surface area is 243 Å². The largest absolute Gasteiger partial charge is 0.406 e. The molecule has 0 saturated heterocycles. The van der Waals surface area contributed by atoms with Gasteiger partial charge in [0.1, 0.15) is 6.54 Å². The van der Waals surface area contributed by atoms with Crippen LogP contribution in [0.25, 0.3) is 16.6 Å². The monoisotopic (exact) mass is 584 g/mol. The van der Waals surface area contributed by atoms with Gasteiger partial charge in [-0.3, -0.25) is 9.41 Å². The summed E-state index contributed by atoms with van der Waals surface area (Å²) in [6, 6.07) is 9.02. The van der Waals surface area contributed by atoms with Crippen molar-refractivity contribution in [3.63, 3.8) is 0 Å². The molecule has 0 bridgehead atoms. The molecule has 41 heavy (non-hydrogen) atoms. The maximum absolute atomic E-state index is 13.8. The second-order valence-electron chi connectivity index (χ2n) is 11.3. The lowest BCUT2D eigenvalue weighted by atomic mass is 10.1. The Morgan fingerprint density at radius 1 is 1.17 bits per heavy atom. The third-order valence-electron chi connectivity index (χ3n) is 7.06. The van der Waals surface area contributed by atoms with E-state index in [1.165, 1.54) is 4.57 Å². The van der Waals surface area contributed by atoms with E-state index < -0.39 is 12.7 Å². The molecular weight excluding hydrogens is 549 g/mol. The SMILES string of the molecule is C=C(NCC1=NC(c2cc3c(NC4=CN(S)N(C(C)(C)C)CC4)cccc3n2CC(F)(F)F)=NC1)c1ccn(C)c1. The van der Waals surface area contributed by atoms with Crippen LogP contribution in [0.15, 0.2) is 71.2 Å². The number of aromatic nitrogens is 2. The molecule has 2 aliphatic heterocycles. The number of benzene rings is 1. The number of nitrogens with one attached hydrogen (secondary N) is 2. The minimum atomic E-state index is -4.42. The van der Waals surface area contributed by atoms with Gasteiger partial charge < -0.3 is 19.8 Å². The van der Waals surface area contributed by atoms with Gasteiger partial charge in [0.15, 0.2) is 5.84 Å². The van der Waals surface area contributed by atoms with Gasteiger partial charge in [-0.25, -0.2) is 10.0 Å². The summed E-state index contributed by atoms with van der Waals surface area (Å²) in [5, 5.41) is 9.48. The van der Waals surface area contributed by atoms with Crippen molar-refractivity contribution < 1.29 is 13.2 Å². The van der Waals surface area contributed by atoms with Crippen molar-refractivity contribution in [1.29, 1.82) is 0 Å². The van der Waals surface area contributed by atoms with Crippen LogP contribution in [0.3, 0.4) is 0 Å². The summed E-state index contributed by atoms with van der Waals surface area (Å²) >= 11 is 4.61. The topological polar surface area (TPSA) is 65.1 Å². The normalized spacial score (nSPS) is 16.6. The van der Waals surface area contributed by atoms with Crippen molar-refractivity contribution >= 4 is 46.6 Å². The van der Waals surface area contributed by atoms with E-state index in [0.29, 0.717) is 35.4 Å². The van der Waals surface area contributed by atoms with Gasteiger partial charge in [0.25, 0.3) is 0 Å². The van der Waals surface area contributed by atoms with E-state index in [4.69, 9.17) is 0 Å². The predicted octanol–water partition coefficient (Wildman–Crippen LogP) is 5.82. The third-order valence-corrected chi connectivity index (χ3v) is 7.39. The molecule has 1 aromatic carbocycles. The highest BCUT2D eigenvalue weighted by atomic mass is 32.1. The Hall–Kier alpha value is -3.64. The van der Waals surface area contributed by atoms with Crippen LogP contribution in [0.4, 0.5) is 18.9 Å². The van der Waals surface area contributed by atoms with Gasteiger partial charge in [-0.1, -0.05) is 12.6 Å². The fraction of sp³-hybridized carbons (Fsp3) is 0.379. The van der Waals surface area contributed by atoms with Crippen molar-refractivity contribution in [3.8, 4) is 0 Å². The zero-order chi connectivity index (χ0) is 29.5. The first-order valence-corrected chi connectivity index (χ1v) is 13.8. The molecule has 0 aliphatic carbocycles. The number of anilines is 1. The molecule has 0 atom stereocenters. The Balaban J connectivity index is 1.41. The average Bonchev–Trinajstić information content (AvgIpc) is 3.60. The summed E-state index contributed by atoms with van der Waals surface area (Å²) in [6.07, 6.45) is 2.10. The van der Waals surface area contributed by atoms with Gasteiger partial charge in [-0.2, -0.15) is 13.2 Å². The van der Waals surface area contributed by atoms with E-state index in [1.807, 2.05) is 42.3 Å². The number of alkyl halides is 3. The number of hydrazine groups is 1. The zero-order valence-electron chi connectivity index (χ0n) is 23.6. The zero-order valence-corrected chi connectivity index (χ0v) is 24.5. The quantitative estimate of drug-likeness (QED) is 0.292. The number of hydrogen-bond donors (Lipinski definition) is 3. The van der Waals surface area contributed by atoms with Gasteiger partial charge in [-0.05, 0) is 57.9 Å². The summed E-state index contributed by atoms with van der Waals surface area (Å²) in [4.78, 5) is 9.13. The van der Waals surface area contributed by atoms with Crippen LogP contribution in [0.5, 0.6) is 0 Å². The molecule has 5 rings (SSSR count). The molecule has 0 radical (unpaired) electrons. The van der Waals surface area contributed by atoms with Gasteiger partial charge in [0.05, 0.1) is 30.0 Å². The molecule has 218 valence electrons. The second kappa shape index (κ2) is 11.0. The number of fused-ring (bicyclic) bond motifs is 1. The summed E-state index contributed by atoms with van der Waals surface area (Å²) in [5.74, 6) is 0.290. The van der Waals surface area contributed by atoms with Crippen LogP contribution in [-0.2, 0) is 13.6 Å². The number of amidine groups is 1. The van der Waals surface area contributed by atoms with E-state index >= 15 is 0 Å². The summed E-state index contributed by atoms with van der Waals surface area (Å²) in [5.41, 5.74) is 4.74. The molecule has 0 spiro atoms. The predicted molar refractivity (Wildman–Crippen MR) is 163 cm³/mol. The second-order valence-corrected chi connectivity index (χ2v) is 11.7. The Kier molecular flexibility index (Phi) is 7.73. The van der Waals surface area contributed by atoms with Gasteiger partial charge in [0.2, 0.25) is 0 Å². The molecule has 2 aromatic heterocycles. The maximum atomic E-state index is 13.8. The van der Waals surface area contributed by atoms with Gasteiger partial charge in [-0.15, -0.1) is 0 Å². The molecule has 8 nitrogen and oxygen atoms in total. The highest BCUT2D eigenvalue weighted by molar-refractivity contribution is 7.77. The molecule has 2 N–H and O–H groups in total. The van der Waals surface area contributed by atoms with Gasteiger partial charge >= 0.3 is 6.18 Å². The van der Waals surface area contributed by atoms with E-state index in [1.54, 1.807) is 22.6 Å². The molecule has 0 saturated carbocycles. The van der Waals surface area contributed by atoms with Crippen molar-refractivity contribution in [2.45, 2.75) is 45.5 Å². The van der Waals surface area contributed by atoms with Crippen LogP contribution in [0.2, 0.25) is 0 Å². The van der Waals surface area contributed by atoms with Crippen LogP contribution in [0, 0.1) is 0 Å². The fourth-order valence-corrected chi connectivity index (χ4v) is 5.55. The maximum Gasteiger partial charge on any atom is 0.406 e. The van der Waals surface area contributed by atoms with E-state index in [-0.39, 0.29) is 11.4 Å². The highest BCUT2D eigenvalue weighted by Gasteiger charge is 2.32. The standard InChI is InChI=1S/C29H35F3N8S/c1-19(20-9-11-37(5)16-20)33-14-22-15-34-27(36-22)26-13-23-24(7-6-8-25(23)38(26)18-29(30,31)32)35-21-10-12-39(28(2,3)4)40(41)17-21/h6-9,11,13,16-17,33,35,41H,1,10,12,14-15,18H2,2-5H3. The number of aliphatic imine (C=N–C) groups is 2. The molecule has 2 aliphatic rings. The Morgan fingerprint density at radius 3 is 2.61 bits per heavy atom. The molecule has 0 fully saturated rings. The highest BCUT2D eigenvalue weighted by Crippen LogP contribution is 2.33. The number of rotatable bonds is 8. The number of halogens is 3. The van der Waals surface area contributed by atoms with E-state index in [0.717, 1.165) is 35.6 Å². The first kappa shape index (κ1) is 28.9. The average molecular weight is 585 g/mol. The number of thiol groups is 1. The minimum Gasteiger partial charge on any atom is -0.380 e. The van der Waals surface area contributed by atoms with Crippen molar-refractivity contribution in [2.24, 2.45) is 17.0 Å². The van der Waals surface area contributed by atoms with Gasteiger partial charge in [0, 0.05) is 72.2 Å². The Morgan fingerprint density at radius 2 is 1.95 bits per heavy atom. The summed E-state index contributed by atoms with van der Waals surface area (Å²) in [6.45, 7) is 10.7. The first-order valence-electron chi connectivity index (χ1n) is 13.4. The number of nitrogens with zero attached hydrogens (tertiary/aromatic N) is 6. The molecule has 3 aromatic rings. The van der Waals surface area contributed by atoms with Crippen molar-refractivity contribution in [3.05, 3.63) is 72.5 Å². The minimum absolute atomic E-state index is 0.0980. The number of aryl methyl sites for hydroxylation is 1. The lowest BCUT2D eigenvalue weighted by Gasteiger charge is -2.43. The smallest absolute Gasteiger partial charge is 0.380 e. The number of hydrogen-bond acceptors (Lipinski definition) is 7.